The van der Waals surface area contributed by atoms with Crippen molar-refractivity contribution < 1.29 is 18.0 Å². The zero-order chi connectivity index (χ0) is 27.9. The Kier molecular flexibility index (Phi) is 9.94. The molecule has 3 rings (SSSR count). The van der Waals surface area contributed by atoms with Gasteiger partial charge in [-0.2, -0.15) is 0 Å². The number of sulfonamides is 1. The molecule has 0 unspecified atom stereocenters. The number of hydrogen-bond acceptors (Lipinski definition) is 4. The number of benzene rings is 3. The fourth-order valence-electron chi connectivity index (χ4n) is 4.15. The van der Waals surface area contributed by atoms with Crippen molar-refractivity contribution >= 4 is 39.1 Å². The fraction of sp³-hybridized carbons (Fsp3) is 0.310. The van der Waals surface area contributed by atoms with Crippen LogP contribution in [-0.4, -0.2) is 43.8 Å². The summed E-state index contributed by atoms with van der Waals surface area (Å²) in [5, 5.41) is 3.23. The number of anilines is 1. The summed E-state index contributed by atoms with van der Waals surface area (Å²) >= 11 is 6.20. The molecule has 202 valence electrons. The third-order valence-corrected chi connectivity index (χ3v) is 8.15. The third-order valence-electron chi connectivity index (χ3n) is 6.13. The highest BCUT2D eigenvalue weighted by atomic mass is 35.5. The first-order valence-electron chi connectivity index (χ1n) is 12.5. The number of carbonyl (C=O) groups excluding carboxylic acids is 2. The molecule has 1 N–H and O–H groups in total. The van der Waals surface area contributed by atoms with E-state index in [1.807, 2.05) is 52.0 Å². The Morgan fingerprint density at radius 1 is 0.947 bits per heavy atom. The van der Waals surface area contributed by atoms with Crippen molar-refractivity contribution in [2.75, 3.05) is 10.8 Å². The van der Waals surface area contributed by atoms with Gasteiger partial charge < -0.3 is 10.2 Å². The van der Waals surface area contributed by atoms with Gasteiger partial charge in [-0.1, -0.05) is 67.1 Å². The molecule has 0 aliphatic carbocycles. The molecule has 0 bridgehead atoms. The van der Waals surface area contributed by atoms with Crippen LogP contribution in [0.5, 0.6) is 0 Å². The monoisotopic (exact) mass is 555 g/mol. The minimum Gasteiger partial charge on any atom is -0.352 e. The number of carbonyl (C=O) groups is 2. The average Bonchev–Trinajstić information content (AvgIpc) is 2.88. The molecule has 0 heterocycles. The number of nitrogens with one attached hydrogen (secondary N) is 1. The molecule has 0 saturated heterocycles. The molecular weight excluding hydrogens is 522 g/mol. The van der Waals surface area contributed by atoms with Crippen LogP contribution < -0.4 is 9.62 Å². The number of halogens is 1. The summed E-state index contributed by atoms with van der Waals surface area (Å²) in [5.41, 5.74) is 2.09. The lowest BCUT2D eigenvalue weighted by Crippen LogP contribution is -2.53. The van der Waals surface area contributed by atoms with Crippen LogP contribution in [0.4, 0.5) is 5.69 Å². The summed E-state index contributed by atoms with van der Waals surface area (Å²) in [6.45, 7) is 7.12. The van der Waals surface area contributed by atoms with E-state index in [1.165, 1.54) is 23.1 Å². The molecule has 0 aliphatic rings. The van der Waals surface area contributed by atoms with Gasteiger partial charge in [0.15, 0.2) is 0 Å². The molecule has 0 aromatic heterocycles. The van der Waals surface area contributed by atoms with Gasteiger partial charge in [0.2, 0.25) is 11.8 Å². The largest absolute Gasteiger partial charge is 0.352 e. The van der Waals surface area contributed by atoms with E-state index in [0.717, 1.165) is 15.4 Å². The lowest BCUT2D eigenvalue weighted by atomic mass is 10.1. The molecule has 3 aromatic rings. The fourth-order valence-corrected chi connectivity index (χ4v) is 5.76. The minimum absolute atomic E-state index is 0.0443. The van der Waals surface area contributed by atoms with Crippen molar-refractivity contribution in [1.29, 1.82) is 0 Å². The molecule has 0 spiro atoms. The van der Waals surface area contributed by atoms with Gasteiger partial charge in [-0.25, -0.2) is 8.42 Å². The zero-order valence-electron chi connectivity index (χ0n) is 22.1. The van der Waals surface area contributed by atoms with Crippen LogP contribution in [0.2, 0.25) is 5.02 Å². The topological polar surface area (TPSA) is 86.8 Å². The van der Waals surface area contributed by atoms with E-state index in [2.05, 4.69) is 5.32 Å². The SMILES string of the molecule is CC[C@@H](C(=O)NC(C)C)N(Cc1ccccc1C)C(=O)CN(c1cccc(Cl)c1)S(=O)(=O)c1ccccc1. The molecule has 9 heteroatoms. The number of aryl methyl sites for hydroxylation is 1. The Hall–Kier alpha value is -3.36. The van der Waals surface area contributed by atoms with Crippen LogP contribution in [0.15, 0.2) is 83.8 Å². The van der Waals surface area contributed by atoms with E-state index in [9.17, 15) is 18.0 Å². The van der Waals surface area contributed by atoms with Crippen molar-refractivity contribution in [3.8, 4) is 0 Å². The predicted molar refractivity (Wildman–Crippen MR) is 152 cm³/mol. The molecule has 7 nitrogen and oxygen atoms in total. The predicted octanol–water partition coefficient (Wildman–Crippen LogP) is 5.18. The highest BCUT2D eigenvalue weighted by molar-refractivity contribution is 7.92. The van der Waals surface area contributed by atoms with Gasteiger partial charge in [0, 0.05) is 17.6 Å². The second-order valence-electron chi connectivity index (χ2n) is 9.34. The van der Waals surface area contributed by atoms with Crippen LogP contribution in [0.25, 0.3) is 0 Å². The maximum absolute atomic E-state index is 14.0. The molecule has 0 saturated carbocycles. The van der Waals surface area contributed by atoms with Crippen LogP contribution >= 0.6 is 11.6 Å². The van der Waals surface area contributed by atoms with Crippen molar-refractivity contribution in [2.24, 2.45) is 0 Å². The molecule has 3 aromatic carbocycles. The van der Waals surface area contributed by atoms with Crippen LogP contribution in [0.1, 0.15) is 38.3 Å². The summed E-state index contributed by atoms with van der Waals surface area (Å²) in [5.74, 6) is -0.789. The van der Waals surface area contributed by atoms with E-state index in [0.29, 0.717) is 11.4 Å². The Morgan fingerprint density at radius 3 is 2.21 bits per heavy atom. The van der Waals surface area contributed by atoms with Crippen molar-refractivity contribution in [1.82, 2.24) is 10.2 Å². The highest BCUT2D eigenvalue weighted by Gasteiger charge is 2.34. The molecule has 1 atom stereocenters. The van der Waals surface area contributed by atoms with Gasteiger partial charge in [-0.15, -0.1) is 0 Å². The summed E-state index contributed by atoms with van der Waals surface area (Å²) in [4.78, 5) is 28.7. The van der Waals surface area contributed by atoms with Crippen molar-refractivity contribution in [2.45, 2.75) is 57.6 Å². The Balaban J connectivity index is 2.07. The molecule has 38 heavy (non-hydrogen) atoms. The van der Waals surface area contributed by atoms with E-state index >= 15 is 0 Å². The maximum Gasteiger partial charge on any atom is 0.264 e. The molecule has 2 amide bonds. The maximum atomic E-state index is 14.0. The molecule has 0 radical (unpaired) electrons. The Bertz CT molecular complexity index is 1360. The number of nitrogens with zero attached hydrogens (tertiary/aromatic N) is 2. The zero-order valence-corrected chi connectivity index (χ0v) is 23.7. The highest BCUT2D eigenvalue weighted by Crippen LogP contribution is 2.27. The van der Waals surface area contributed by atoms with Crippen LogP contribution in [0, 0.1) is 6.92 Å². The lowest BCUT2D eigenvalue weighted by molar-refractivity contribution is -0.140. The van der Waals surface area contributed by atoms with Gasteiger partial charge in [-0.3, -0.25) is 13.9 Å². The van der Waals surface area contributed by atoms with E-state index in [1.54, 1.807) is 36.4 Å². The van der Waals surface area contributed by atoms with Crippen molar-refractivity contribution in [3.63, 3.8) is 0 Å². The molecule has 0 fully saturated rings. The smallest absolute Gasteiger partial charge is 0.264 e. The summed E-state index contributed by atoms with van der Waals surface area (Å²) in [6, 6.07) is 21.0. The first-order valence-corrected chi connectivity index (χ1v) is 14.3. The standard InChI is InChI=1S/C29H34ClN3O4S/c1-5-27(29(35)31-21(2)3)32(19-23-13-10-9-12-22(23)4)28(34)20-33(25-15-11-14-24(30)18-25)38(36,37)26-16-7-6-8-17-26/h6-18,21,27H,5,19-20H2,1-4H3,(H,31,35)/t27-/m0/s1. The van der Waals surface area contributed by atoms with E-state index in [-0.39, 0.29) is 29.1 Å². The number of amides is 2. The van der Waals surface area contributed by atoms with Crippen LogP contribution in [-0.2, 0) is 26.2 Å². The Morgan fingerprint density at radius 2 is 1.61 bits per heavy atom. The van der Waals surface area contributed by atoms with Gasteiger partial charge >= 0.3 is 0 Å². The van der Waals surface area contributed by atoms with E-state index < -0.39 is 28.5 Å². The second kappa shape index (κ2) is 12.9. The first-order chi connectivity index (χ1) is 18.0. The van der Waals surface area contributed by atoms with Gasteiger partial charge in [-0.05, 0) is 68.7 Å². The van der Waals surface area contributed by atoms with Gasteiger partial charge in [0.25, 0.3) is 10.0 Å². The lowest BCUT2D eigenvalue weighted by Gasteiger charge is -2.34. The van der Waals surface area contributed by atoms with Gasteiger partial charge in [0.05, 0.1) is 10.6 Å². The minimum atomic E-state index is -4.13. The summed E-state index contributed by atoms with van der Waals surface area (Å²) in [6.07, 6.45) is 0.360. The molecule has 0 aliphatic heterocycles. The normalized spacial score (nSPS) is 12.2. The number of hydrogen-bond donors (Lipinski definition) is 1. The second-order valence-corrected chi connectivity index (χ2v) is 11.6. The third kappa shape index (κ3) is 7.14. The summed E-state index contributed by atoms with van der Waals surface area (Å²) in [7, 11) is -4.13. The van der Waals surface area contributed by atoms with Crippen molar-refractivity contribution in [3.05, 3.63) is 95.0 Å². The van der Waals surface area contributed by atoms with Gasteiger partial charge in [0.1, 0.15) is 12.6 Å². The van der Waals surface area contributed by atoms with E-state index in [4.69, 9.17) is 11.6 Å². The number of rotatable bonds is 11. The quantitative estimate of drug-likeness (QED) is 0.353. The first kappa shape index (κ1) is 29.2. The average molecular weight is 556 g/mol. The summed E-state index contributed by atoms with van der Waals surface area (Å²) < 4.78 is 28.6. The Labute approximate surface area is 230 Å². The molecular formula is C29H34ClN3O4S. The van der Waals surface area contributed by atoms with Crippen LogP contribution in [0.3, 0.4) is 0 Å².